The highest BCUT2D eigenvalue weighted by molar-refractivity contribution is 7.92. The van der Waals surface area contributed by atoms with Crippen LogP contribution in [-0.2, 0) is 10.0 Å². The highest BCUT2D eigenvalue weighted by Gasteiger charge is 2.17. The van der Waals surface area contributed by atoms with Crippen molar-refractivity contribution in [2.45, 2.75) is 0 Å². The summed E-state index contributed by atoms with van der Waals surface area (Å²) in [6, 6.07) is 5.61. The number of benzene rings is 1. The maximum Gasteiger partial charge on any atom is 0.229 e. The van der Waals surface area contributed by atoms with Crippen LogP contribution >= 0.6 is 0 Å². The van der Waals surface area contributed by atoms with Gasteiger partial charge in [-0.2, -0.15) is 0 Å². The molecule has 9 heteroatoms. The maximum atomic E-state index is 11.7. The molecule has 4 N–H and O–H groups in total. The normalized spacial score (nSPS) is 8.22. The van der Waals surface area contributed by atoms with E-state index in [2.05, 4.69) is 111 Å². The first-order chi connectivity index (χ1) is 19.3. The van der Waals surface area contributed by atoms with Crippen molar-refractivity contribution in [3.63, 3.8) is 0 Å². The van der Waals surface area contributed by atoms with Crippen LogP contribution in [0.25, 0.3) is 5.69 Å². The largest absolute Gasteiger partial charge is 0.494 e. The topological polar surface area (TPSA) is 113 Å². The lowest BCUT2D eigenvalue weighted by Crippen LogP contribution is -2.16. The molecule has 1 aromatic heterocycles. The van der Waals surface area contributed by atoms with Gasteiger partial charge in [-0.05, 0) is 120 Å². The van der Waals surface area contributed by atoms with Crippen LogP contribution in [0.5, 0.6) is 17.5 Å². The number of aromatic hydroxyl groups is 2. The molecule has 0 amide bonds. The number of anilines is 1. The van der Waals surface area contributed by atoms with Gasteiger partial charge in [-0.3, -0.25) is 14.6 Å². The number of aromatic nitrogens is 1. The van der Waals surface area contributed by atoms with Gasteiger partial charge in [-0.15, -0.1) is 6.42 Å². The highest BCUT2D eigenvalue weighted by atomic mass is 32.2. The van der Waals surface area contributed by atoms with E-state index < -0.39 is 10.0 Å². The smallest absolute Gasteiger partial charge is 0.229 e. The molecule has 0 saturated heterocycles. The summed E-state index contributed by atoms with van der Waals surface area (Å²) >= 11 is 0. The number of hydrogen-bond donors (Lipinski definition) is 4. The van der Waals surface area contributed by atoms with Gasteiger partial charge in [-0.25, -0.2) is 8.42 Å². The number of hydrogen-bond acceptors (Lipinski definition) is 6. The zero-order chi connectivity index (χ0) is 29.2. The molecule has 0 radical (unpaired) electrons. The van der Waals surface area contributed by atoms with Gasteiger partial charge in [-0.1, -0.05) is 0 Å². The van der Waals surface area contributed by atoms with Crippen molar-refractivity contribution in [2.75, 3.05) is 24.8 Å². The van der Waals surface area contributed by atoms with Crippen molar-refractivity contribution in [1.82, 2.24) is 9.88 Å². The van der Waals surface area contributed by atoms with Crippen molar-refractivity contribution in [3.05, 3.63) is 29.8 Å². The van der Waals surface area contributed by atoms with E-state index in [9.17, 15) is 18.6 Å². The molecule has 0 atom stereocenters. The lowest BCUT2D eigenvalue weighted by molar-refractivity contribution is 0.297. The quantitative estimate of drug-likeness (QED) is 0.317. The van der Waals surface area contributed by atoms with Crippen LogP contribution in [-0.4, -0.2) is 43.2 Å². The fourth-order valence-electron chi connectivity index (χ4n) is 2.58. The monoisotopic (exact) mass is 543 g/mol. The predicted molar refractivity (Wildman–Crippen MR) is 152 cm³/mol. The molecular weight excluding hydrogens is 526 g/mol. The van der Waals surface area contributed by atoms with E-state index in [1.165, 1.54) is 24.3 Å². The number of nitrogens with one attached hydrogen (secondary N) is 2. The van der Waals surface area contributed by atoms with Gasteiger partial charge in [0.2, 0.25) is 15.9 Å². The van der Waals surface area contributed by atoms with Crippen LogP contribution in [0.3, 0.4) is 0 Å². The molecule has 1 aromatic carbocycles. The van der Waals surface area contributed by atoms with E-state index in [-0.39, 0.29) is 35.5 Å². The number of nitrogens with zero attached hydrogens (tertiary/aromatic N) is 1. The van der Waals surface area contributed by atoms with Crippen LogP contribution in [0, 0.1) is 107 Å². The van der Waals surface area contributed by atoms with Crippen LogP contribution in [0.4, 0.5) is 5.69 Å². The van der Waals surface area contributed by atoms with E-state index in [1.807, 2.05) is 0 Å². The first kappa shape index (κ1) is 29.9. The maximum absolute atomic E-state index is 11.7. The molecule has 2 aromatic rings. The summed E-state index contributed by atoms with van der Waals surface area (Å²) in [5.74, 6) is 41.1. The Morgan fingerprint density at radius 1 is 0.850 bits per heavy atom. The van der Waals surface area contributed by atoms with E-state index in [1.54, 1.807) is 7.05 Å². The van der Waals surface area contributed by atoms with Crippen molar-refractivity contribution >= 4 is 15.7 Å². The third kappa shape index (κ3) is 10.3. The number of terminal acetylenes is 1. The molecule has 1 heterocycles. The molecule has 192 valence electrons. The van der Waals surface area contributed by atoms with Gasteiger partial charge >= 0.3 is 0 Å². The van der Waals surface area contributed by atoms with Gasteiger partial charge in [0.05, 0.1) is 23.2 Å². The van der Waals surface area contributed by atoms with Crippen LogP contribution in [0.2, 0.25) is 0 Å². The van der Waals surface area contributed by atoms with Gasteiger partial charge < -0.3 is 14.9 Å². The van der Waals surface area contributed by atoms with Gasteiger partial charge in [0, 0.05) is 12.1 Å². The minimum absolute atomic E-state index is 0.0815. The summed E-state index contributed by atoms with van der Waals surface area (Å²) in [5.41, 5.74) is 0.572. The lowest BCUT2D eigenvalue weighted by Gasteiger charge is -2.15. The molecular formula is C31H17N3O5S. The van der Waals surface area contributed by atoms with E-state index in [0.717, 1.165) is 10.8 Å². The highest BCUT2D eigenvalue weighted by Crippen LogP contribution is 2.35. The molecule has 0 fully saturated rings. The van der Waals surface area contributed by atoms with Crippen molar-refractivity contribution in [3.8, 4) is 130 Å². The SMILES string of the molecule is C#CC#CC#CC#CC#CC#CC#CC#CC#Cc1cc(O)n(-c2ccc(NS(C)(=O)=O)c(OCNC)c2)c1O. The average molecular weight is 544 g/mol. The third-order valence-electron chi connectivity index (χ3n) is 3.99. The van der Waals surface area contributed by atoms with E-state index >= 15 is 0 Å². The van der Waals surface area contributed by atoms with Gasteiger partial charge in [0.1, 0.15) is 12.5 Å². The zero-order valence-electron chi connectivity index (χ0n) is 21.1. The average Bonchev–Trinajstić information content (AvgIpc) is 3.19. The van der Waals surface area contributed by atoms with E-state index in [4.69, 9.17) is 11.2 Å². The lowest BCUT2D eigenvalue weighted by atomic mass is 10.2. The standard InChI is InChI=1S/C31H17N3O5S/c1-4-5-6-7-8-9-10-11-12-13-14-15-16-17-18-19-20-26-23-30(35)34(31(26)36)27-21-22-28(33-40(3,37)38)29(24-27)39-25-32-2/h1,21-24,32-33,35-36H,25H2,2-3H3. The molecule has 8 nitrogen and oxygen atoms in total. The van der Waals surface area contributed by atoms with Crippen molar-refractivity contribution in [2.24, 2.45) is 0 Å². The fraction of sp³-hybridized carbons (Fsp3) is 0.0968. The summed E-state index contributed by atoms with van der Waals surface area (Å²) in [5, 5.41) is 23.8. The molecule has 40 heavy (non-hydrogen) atoms. The molecule has 2 rings (SSSR count). The Bertz CT molecular complexity index is 1970. The van der Waals surface area contributed by atoms with E-state index in [0.29, 0.717) is 5.69 Å². The summed E-state index contributed by atoms with van der Waals surface area (Å²) in [6.45, 7) is 0.0815. The Morgan fingerprint density at radius 3 is 1.88 bits per heavy atom. The molecule has 0 spiro atoms. The Labute approximate surface area is 233 Å². The summed E-state index contributed by atoms with van der Waals surface area (Å²) in [6.07, 6.45) is 5.94. The minimum atomic E-state index is -3.57. The Kier molecular flexibility index (Phi) is 11.7. The molecule has 0 saturated carbocycles. The second kappa shape index (κ2) is 15.7. The Balaban J connectivity index is 2.16. The predicted octanol–water partition coefficient (Wildman–Crippen LogP) is 0.824. The molecule has 0 aliphatic heterocycles. The van der Waals surface area contributed by atoms with Gasteiger partial charge in [0.25, 0.3) is 0 Å². The Hall–Kier alpha value is -6.35. The first-order valence-corrected chi connectivity index (χ1v) is 12.7. The number of rotatable bonds is 6. The summed E-state index contributed by atoms with van der Waals surface area (Å²) in [7, 11) is -1.92. The molecule has 0 aliphatic rings. The Morgan fingerprint density at radius 2 is 1.38 bits per heavy atom. The van der Waals surface area contributed by atoms with Crippen molar-refractivity contribution < 1.29 is 23.4 Å². The second-order valence-corrected chi connectivity index (χ2v) is 8.66. The van der Waals surface area contributed by atoms with Crippen LogP contribution in [0.1, 0.15) is 5.56 Å². The third-order valence-corrected chi connectivity index (χ3v) is 4.58. The summed E-state index contributed by atoms with van der Waals surface area (Å²) < 4.78 is 32.3. The van der Waals surface area contributed by atoms with Crippen LogP contribution in [0.15, 0.2) is 24.3 Å². The fourth-order valence-corrected chi connectivity index (χ4v) is 3.15. The van der Waals surface area contributed by atoms with Crippen LogP contribution < -0.4 is 14.8 Å². The molecule has 0 unspecified atom stereocenters. The zero-order valence-corrected chi connectivity index (χ0v) is 21.9. The number of ether oxygens (including phenoxy) is 1. The summed E-state index contributed by atoms with van der Waals surface area (Å²) in [4.78, 5) is 0. The van der Waals surface area contributed by atoms with Crippen molar-refractivity contribution in [1.29, 1.82) is 0 Å². The molecule has 0 bridgehead atoms. The molecule has 0 aliphatic carbocycles. The number of sulfonamides is 1. The first-order valence-electron chi connectivity index (χ1n) is 10.8. The minimum Gasteiger partial charge on any atom is -0.494 e. The second-order valence-electron chi connectivity index (χ2n) is 6.92. The van der Waals surface area contributed by atoms with Gasteiger partial charge in [0.15, 0.2) is 5.88 Å².